The lowest BCUT2D eigenvalue weighted by Crippen LogP contribution is -2.39. The minimum Gasteiger partial charge on any atom is -0.489 e. The molecular weight excluding hydrogens is 334 g/mol. The Morgan fingerprint density at radius 1 is 1.29 bits per heavy atom. The molecule has 0 spiro atoms. The number of nitrogens with one attached hydrogen (secondary N) is 1. The third-order valence-corrected chi connectivity index (χ3v) is 5.89. The predicted molar refractivity (Wildman–Crippen MR) is 89.2 cm³/mol. The van der Waals surface area contributed by atoms with Gasteiger partial charge in [-0.25, -0.2) is 13.2 Å². The van der Waals surface area contributed by atoms with Crippen LogP contribution in [0.25, 0.3) is 0 Å². The Balaban J connectivity index is 2.30. The number of benzene rings is 1. The normalized spacial score (nSPS) is 19.7. The van der Waals surface area contributed by atoms with E-state index in [2.05, 4.69) is 5.32 Å². The van der Waals surface area contributed by atoms with Gasteiger partial charge >= 0.3 is 5.97 Å². The van der Waals surface area contributed by atoms with Gasteiger partial charge in [-0.1, -0.05) is 6.42 Å². The molecule has 1 aliphatic heterocycles. The van der Waals surface area contributed by atoms with Crippen molar-refractivity contribution in [1.82, 2.24) is 0 Å². The number of ether oxygens (including phenoxy) is 1. The molecule has 0 bridgehead atoms. The maximum absolute atomic E-state index is 12.4. The van der Waals surface area contributed by atoms with E-state index in [1.807, 2.05) is 0 Å². The van der Waals surface area contributed by atoms with Crippen LogP contribution in [-0.4, -0.2) is 42.5 Å². The first-order valence-corrected chi connectivity index (χ1v) is 9.48. The Kier molecular flexibility index (Phi) is 5.48. The first-order valence-electron chi connectivity index (χ1n) is 7.77. The van der Waals surface area contributed by atoms with Crippen LogP contribution >= 0.6 is 0 Å². The third-order valence-electron chi connectivity index (χ3n) is 3.72. The second-order valence-electron chi connectivity index (χ2n) is 6.02. The summed E-state index contributed by atoms with van der Waals surface area (Å²) in [6.45, 7) is 3.59. The Morgan fingerprint density at radius 2 is 2.00 bits per heavy atom. The van der Waals surface area contributed by atoms with Gasteiger partial charge in [-0.3, -0.25) is 4.79 Å². The number of anilines is 1. The maximum atomic E-state index is 12.4. The standard InChI is InChI=1S/C16H21NO6S/c1-10(2)23-13-7-6-11(16(19)20)9-12(13)17-15(18)14-5-3-4-8-24(14,21)22/h6-7,9-10,14H,3-5,8H2,1-2H3,(H,17,18)(H,19,20). The van der Waals surface area contributed by atoms with Crippen molar-refractivity contribution in [2.45, 2.75) is 44.5 Å². The molecule has 1 atom stereocenters. The smallest absolute Gasteiger partial charge is 0.335 e. The van der Waals surface area contributed by atoms with Crippen molar-refractivity contribution in [3.05, 3.63) is 23.8 Å². The van der Waals surface area contributed by atoms with E-state index in [0.717, 1.165) is 0 Å². The number of hydrogen-bond acceptors (Lipinski definition) is 5. The lowest BCUT2D eigenvalue weighted by atomic mass is 10.1. The summed E-state index contributed by atoms with van der Waals surface area (Å²) in [5, 5.41) is 10.5. The van der Waals surface area contributed by atoms with Crippen LogP contribution in [0.1, 0.15) is 43.5 Å². The van der Waals surface area contributed by atoms with E-state index in [9.17, 15) is 18.0 Å². The van der Waals surface area contributed by atoms with E-state index in [1.54, 1.807) is 13.8 Å². The van der Waals surface area contributed by atoms with Gasteiger partial charge < -0.3 is 15.2 Å². The van der Waals surface area contributed by atoms with Crippen LogP contribution in [-0.2, 0) is 14.6 Å². The summed E-state index contributed by atoms with van der Waals surface area (Å²) in [6, 6.07) is 4.09. The molecule has 1 saturated heterocycles. The van der Waals surface area contributed by atoms with Crippen LogP contribution in [0.4, 0.5) is 5.69 Å². The van der Waals surface area contributed by atoms with E-state index >= 15 is 0 Å². The third kappa shape index (κ3) is 4.25. The van der Waals surface area contributed by atoms with Crippen molar-refractivity contribution in [2.24, 2.45) is 0 Å². The second-order valence-corrected chi connectivity index (χ2v) is 8.33. The molecule has 1 amide bonds. The van der Waals surface area contributed by atoms with Crippen molar-refractivity contribution in [2.75, 3.05) is 11.1 Å². The molecule has 2 N–H and O–H groups in total. The fourth-order valence-corrected chi connectivity index (χ4v) is 4.38. The van der Waals surface area contributed by atoms with Crippen molar-refractivity contribution in [3.63, 3.8) is 0 Å². The van der Waals surface area contributed by atoms with E-state index in [0.29, 0.717) is 18.6 Å². The molecule has 1 unspecified atom stereocenters. The van der Waals surface area contributed by atoms with Gasteiger partial charge in [0.25, 0.3) is 0 Å². The molecule has 1 aromatic carbocycles. The topological polar surface area (TPSA) is 110 Å². The lowest BCUT2D eigenvalue weighted by molar-refractivity contribution is -0.116. The molecule has 1 heterocycles. The molecule has 1 fully saturated rings. The fraction of sp³-hybridized carbons (Fsp3) is 0.500. The largest absolute Gasteiger partial charge is 0.489 e. The molecule has 7 nitrogen and oxygen atoms in total. The van der Waals surface area contributed by atoms with Gasteiger partial charge in [0.05, 0.1) is 23.1 Å². The van der Waals surface area contributed by atoms with Gasteiger partial charge in [0.15, 0.2) is 9.84 Å². The number of hydrogen-bond donors (Lipinski definition) is 2. The van der Waals surface area contributed by atoms with E-state index < -0.39 is 27.0 Å². The molecule has 1 aliphatic rings. The van der Waals surface area contributed by atoms with Gasteiger partial charge in [0, 0.05) is 0 Å². The van der Waals surface area contributed by atoms with Crippen molar-refractivity contribution < 1.29 is 27.9 Å². The molecular formula is C16H21NO6S. The molecule has 24 heavy (non-hydrogen) atoms. The highest BCUT2D eigenvalue weighted by atomic mass is 32.2. The summed E-state index contributed by atoms with van der Waals surface area (Å²) < 4.78 is 29.7. The van der Waals surface area contributed by atoms with Gasteiger partial charge in [-0.2, -0.15) is 0 Å². The fourth-order valence-electron chi connectivity index (χ4n) is 2.58. The SMILES string of the molecule is CC(C)Oc1ccc(C(=O)O)cc1NC(=O)C1CCCCS1(=O)=O. The van der Waals surface area contributed by atoms with Gasteiger partial charge in [0.2, 0.25) is 5.91 Å². The minimum absolute atomic E-state index is 0.00436. The number of carbonyl (C=O) groups is 2. The highest BCUT2D eigenvalue weighted by Crippen LogP contribution is 2.29. The summed E-state index contributed by atoms with van der Waals surface area (Å²) in [5.74, 6) is -1.50. The van der Waals surface area contributed by atoms with Crippen LogP contribution in [0.5, 0.6) is 5.75 Å². The lowest BCUT2D eigenvalue weighted by Gasteiger charge is -2.22. The van der Waals surface area contributed by atoms with Crippen molar-refractivity contribution in [3.8, 4) is 5.75 Å². The summed E-state index contributed by atoms with van der Waals surface area (Å²) in [7, 11) is -3.47. The average molecular weight is 355 g/mol. The highest BCUT2D eigenvalue weighted by Gasteiger charge is 2.35. The second kappa shape index (κ2) is 7.21. The zero-order chi connectivity index (χ0) is 17.9. The minimum atomic E-state index is -3.47. The number of carboxylic acids is 1. The molecule has 1 aromatic rings. The Morgan fingerprint density at radius 3 is 2.58 bits per heavy atom. The number of aromatic carboxylic acids is 1. The van der Waals surface area contributed by atoms with Crippen molar-refractivity contribution >= 4 is 27.4 Å². The summed E-state index contributed by atoms with van der Waals surface area (Å²) in [6.07, 6.45) is 1.31. The van der Waals surface area contributed by atoms with Gasteiger partial charge in [0.1, 0.15) is 11.0 Å². The number of rotatable bonds is 5. The molecule has 0 aliphatic carbocycles. The molecule has 0 radical (unpaired) electrons. The summed E-state index contributed by atoms with van der Waals surface area (Å²) in [5.41, 5.74) is 0.141. The number of carbonyl (C=O) groups excluding carboxylic acids is 1. The zero-order valence-corrected chi connectivity index (χ0v) is 14.4. The van der Waals surface area contributed by atoms with Crippen LogP contribution < -0.4 is 10.1 Å². The Hall–Kier alpha value is -2.09. The first-order chi connectivity index (χ1) is 11.2. The van der Waals surface area contributed by atoms with E-state index in [-0.39, 0.29) is 29.5 Å². The zero-order valence-electron chi connectivity index (χ0n) is 13.6. The van der Waals surface area contributed by atoms with Crippen LogP contribution in [0.3, 0.4) is 0 Å². The number of carboxylic acid groups (broad SMARTS) is 1. The molecule has 2 rings (SSSR count). The molecule has 0 aromatic heterocycles. The van der Waals surface area contributed by atoms with Crippen LogP contribution in [0, 0.1) is 0 Å². The number of sulfone groups is 1. The van der Waals surface area contributed by atoms with Crippen LogP contribution in [0.15, 0.2) is 18.2 Å². The molecule has 8 heteroatoms. The summed E-state index contributed by atoms with van der Waals surface area (Å²) >= 11 is 0. The predicted octanol–water partition coefficient (Wildman–Crippen LogP) is 2.08. The highest BCUT2D eigenvalue weighted by molar-refractivity contribution is 7.92. The maximum Gasteiger partial charge on any atom is 0.335 e. The van der Waals surface area contributed by atoms with Crippen molar-refractivity contribution in [1.29, 1.82) is 0 Å². The van der Waals surface area contributed by atoms with Gasteiger partial charge in [-0.05, 0) is 44.9 Å². The van der Waals surface area contributed by atoms with E-state index in [4.69, 9.17) is 9.84 Å². The molecule has 132 valence electrons. The Bertz CT molecular complexity index is 741. The number of amides is 1. The van der Waals surface area contributed by atoms with Crippen LogP contribution in [0.2, 0.25) is 0 Å². The van der Waals surface area contributed by atoms with Gasteiger partial charge in [-0.15, -0.1) is 0 Å². The first kappa shape index (κ1) is 18.3. The quantitative estimate of drug-likeness (QED) is 0.837. The monoisotopic (exact) mass is 355 g/mol. The van der Waals surface area contributed by atoms with E-state index in [1.165, 1.54) is 18.2 Å². The average Bonchev–Trinajstić information content (AvgIpc) is 2.47. The Labute approximate surface area is 140 Å². The summed E-state index contributed by atoms with van der Waals surface area (Å²) in [4.78, 5) is 23.5. The molecule has 0 saturated carbocycles.